The highest BCUT2D eigenvalue weighted by Gasteiger charge is 2.49. The van der Waals surface area contributed by atoms with Gasteiger partial charge in [0, 0.05) is 11.1 Å². The molecule has 1 saturated carbocycles. The highest BCUT2D eigenvalue weighted by Crippen LogP contribution is 2.42. The molecule has 0 aromatic heterocycles. The Kier molecular flexibility index (Phi) is 2.97. The summed E-state index contributed by atoms with van der Waals surface area (Å²) in [5, 5.41) is 10.3. The summed E-state index contributed by atoms with van der Waals surface area (Å²) in [5.74, 6) is -0.930. The molecular formula is C14H14ClNO3. The molecule has 5 heteroatoms. The van der Waals surface area contributed by atoms with Crippen molar-refractivity contribution in [2.75, 3.05) is 4.90 Å². The fourth-order valence-corrected chi connectivity index (χ4v) is 3.25. The summed E-state index contributed by atoms with van der Waals surface area (Å²) >= 11 is 5.77. The number of imide groups is 1. The van der Waals surface area contributed by atoms with Crippen LogP contribution in [0, 0.1) is 11.8 Å². The van der Waals surface area contributed by atoms with Crippen LogP contribution < -0.4 is 4.90 Å². The van der Waals surface area contributed by atoms with Crippen molar-refractivity contribution in [3.8, 4) is 5.75 Å². The van der Waals surface area contributed by atoms with Gasteiger partial charge in [0.1, 0.15) is 5.75 Å². The summed E-state index contributed by atoms with van der Waals surface area (Å²) < 4.78 is 0. The monoisotopic (exact) mass is 279 g/mol. The average Bonchev–Trinajstić information content (AvgIpc) is 2.64. The van der Waals surface area contributed by atoms with Crippen LogP contribution in [0.25, 0.3) is 0 Å². The second-order valence-corrected chi connectivity index (χ2v) is 5.58. The Hall–Kier alpha value is -1.55. The van der Waals surface area contributed by atoms with Crippen molar-refractivity contribution < 1.29 is 14.7 Å². The lowest BCUT2D eigenvalue weighted by atomic mass is 9.81. The number of fused-ring (bicyclic) bond motifs is 1. The summed E-state index contributed by atoms with van der Waals surface area (Å²) in [6.07, 6.45) is 3.50. The molecule has 1 aliphatic carbocycles. The first-order chi connectivity index (χ1) is 9.09. The van der Waals surface area contributed by atoms with Gasteiger partial charge in [-0.2, -0.15) is 0 Å². The molecule has 1 heterocycles. The first kappa shape index (κ1) is 12.5. The molecular weight excluding hydrogens is 266 g/mol. The van der Waals surface area contributed by atoms with Crippen LogP contribution in [0.5, 0.6) is 5.75 Å². The number of hydrogen-bond donors (Lipinski definition) is 1. The Morgan fingerprint density at radius 2 is 1.68 bits per heavy atom. The lowest BCUT2D eigenvalue weighted by molar-refractivity contribution is -0.122. The van der Waals surface area contributed by atoms with Gasteiger partial charge in [0.15, 0.2) is 0 Å². The van der Waals surface area contributed by atoms with E-state index >= 15 is 0 Å². The molecule has 4 nitrogen and oxygen atoms in total. The van der Waals surface area contributed by atoms with Crippen molar-refractivity contribution >= 4 is 29.1 Å². The Bertz CT molecular complexity index is 534. The van der Waals surface area contributed by atoms with Crippen molar-refractivity contribution in [2.24, 2.45) is 11.8 Å². The molecule has 2 amide bonds. The van der Waals surface area contributed by atoms with Gasteiger partial charge in [0.2, 0.25) is 11.8 Å². The van der Waals surface area contributed by atoms with Crippen molar-refractivity contribution in [3.05, 3.63) is 23.2 Å². The number of carbonyl (C=O) groups excluding carboxylic acids is 2. The van der Waals surface area contributed by atoms with Crippen LogP contribution in [0.15, 0.2) is 18.2 Å². The van der Waals surface area contributed by atoms with E-state index in [9.17, 15) is 14.7 Å². The number of nitrogens with zero attached hydrogens (tertiary/aromatic N) is 1. The van der Waals surface area contributed by atoms with Crippen molar-refractivity contribution in [1.82, 2.24) is 0 Å². The maximum Gasteiger partial charge on any atom is 0.237 e. The number of benzene rings is 1. The maximum atomic E-state index is 12.3. The molecule has 19 heavy (non-hydrogen) atoms. The molecule has 0 spiro atoms. The fraction of sp³-hybridized carbons (Fsp3) is 0.429. The van der Waals surface area contributed by atoms with Gasteiger partial charge in [-0.05, 0) is 25.0 Å². The molecule has 2 unspecified atom stereocenters. The minimum absolute atomic E-state index is 0.132. The number of hydrogen-bond acceptors (Lipinski definition) is 3. The van der Waals surface area contributed by atoms with E-state index < -0.39 is 0 Å². The number of phenolic OH excluding ortho intramolecular Hbond substituents is 1. The lowest BCUT2D eigenvalue weighted by Gasteiger charge is -2.19. The highest BCUT2D eigenvalue weighted by atomic mass is 35.5. The number of phenols is 1. The minimum Gasteiger partial charge on any atom is -0.506 e. The average molecular weight is 280 g/mol. The molecule has 1 aliphatic heterocycles. The molecule has 2 aliphatic rings. The van der Waals surface area contributed by atoms with Gasteiger partial charge in [-0.25, -0.2) is 4.90 Å². The summed E-state index contributed by atoms with van der Waals surface area (Å²) in [5.41, 5.74) is 0.244. The molecule has 1 aromatic carbocycles. The molecule has 1 aromatic rings. The summed E-state index contributed by atoms with van der Waals surface area (Å²) in [4.78, 5) is 25.8. The van der Waals surface area contributed by atoms with Gasteiger partial charge in [0.05, 0.1) is 17.5 Å². The second kappa shape index (κ2) is 4.53. The number of rotatable bonds is 1. The van der Waals surface area contributed by atoms with Gasteiger partial charge in [-0.1, -0.05) is 24.4 Å². The summed E-state index contributed by atoms with van der Waals surface area (Å²) in [6.45, 7) is 0. The van der Waals surface area contributed by atoms with Crippen LogP contribution in [-0.2, 0) is 9.59 Å². The normalized spacial score (nSPS) is 26.7. The van der Waals surface area contributed by atoms with Crippen LogP contribution in [0.2, 0.25) is 5.02 Å². The highest BCUT2D eigenvalue weighted by molar-refractivity contribution is 6.31. The summed E-state index contributed by atoms with van der Waals surface area (Å²) in [6, 6.07) is 4.43. The quantitative estimate of drug-likeness (QED) is 0.804. The smallest absolute Gasteiger partial charge is 0.237 e. The summed E-state index contributed by atoms with van der Waals surface area (Å²) in [7, 11) is 0. The van der Waals surface area contributed by atoms with Gasteiger partial charge < -0.3 is 5.11 Å². The van der Waals surface area contributed by atoms with E-state index in [1.807, 2.05) is 0 Å². The van der Waals surface area contributed by atoms with E-state index in [0.717, 1.165) is 30.6 Å². The van der Waals surface area contributed by atoms with Crippen molar-refractivity contribution in [2.45, 2.75) is 25.7 Å². The first-order valence-electron chi connectivity index (χ1n) is 6.46. The Balaban J connectivity index is 2.00. The number of amides is 2. The largest absolute Gasteiger partial charge is 0.506 e. The van der Waals surface area contributed by atoms with Gasteiger partial charge in [-0.15, -0.1) is 0 Å². The van der Waals surface area contributed by atoms with Gasteiger partial charge >= 0.3 is 0 Å². The fourth-order valence-electron chi connectivity index (χ4n) is 3.09. The number of halogens is 1. The topological polar surface area (TPSA) is 57.6 Å². The third-order valence-electron chi connectivity index (χ3n) is 4.02. The van der Waals surface area contributed by atoms with Gasteiger partial charge in [0.25, 0.3) is 0 Å². The van der Waals surface area contributed by atoms with E-state index in [4.69, 9.17) is 11.6 Å². The molecule has 1 N–H and O–H groups in total. The van der Waals surface area contributed by atoms with Crippen LogP contribution in [0.4, 0.5) is 5.69 Å². The van der Waals surface area contributed by atoms with Crippen molar-refractivity contribution in [1.29, 1.82) is 0 Å². The molecule has 1 saturated heterocycles. The van der Waals surface area contributed by atoms with E-state index in [1.165, 1.54) is 12.1 Å². The standard InChI is InChI=1S/C14H14ClNO3/c15-8-5-6-11(12(17)7-8)16-13(18)9-3-1-2-4-10(9)14(16)19/h5-7,9-10,17H,1-4H2. The number of anilines is 1. The minimum atomic E-state index is -0.212. The van der Waals surface area contributed by atoms with E-state index in [1.54, 1.807) is 6.07 Å². The van der Waals surface area contributed by atoms with Gasteiger partial charge in [-0.3, -0.25) is 9.59 Å². The Morgan fingerprint density at radius 3 is 2.21 bits per heavy atom. The molecule has 0 bridgehead atoms. The zero-order valence-electron chi connectivity index (χ0n) is 10.3. The second-order valence-electron chi connectivity index (χ2n) is 5.14. The van der Waals surface area contributed by atoms with E-state index in [0.29, 0.717) is 5.02 Å². The Morgan fingerprint density at radius 1 is 1.11 bits per heavy atom. The molecule has 3 rings (SSSR count). The van der Waals surface area contributed by atoms with E-state index in [2.05, 4.69) is 0 Å². The number of carbonyl (C=O) groups is 2. The predicted octanol–water partition coefficient (Wildman–Crippen LogP) is 2.73. The molecule has 2 fully saturated rings. The third-order valence-corrected chi connectivity index (χ3v) is 4.25. The molecule has 0 radical (unpaired) electrons. The third kappa shape index (κ3) is 1.91. The first-order valence-corrected chi connectivity index (χ1v) is 6.83. The molecule has 2 atom stereocenters. The van der Waals surface area contributed by atoms with Crippen LogP contribution >= 0.6 is 11.6 Å². The van der Waals surface area contributed by atoms with Crippen LogP contribution in [0.3, 0.4) is 0 Å². The molecule has 100 valence electrons. The lowest BCUT2D eigenvalue weighted by Crippen LogP contribution is -2.30. The Labute approximate surface area is 116 Å². The zero-order valence-corrected chi connectivity index (χ0v) is 11.1. The van der Waals surface area contributed by atoms with E-state index in [-0.39, 0.29) is 35.1 Å². The van der Waals surface area contributed by atoms with Crippen LogP contribution in [-0.4, -0.2) is 16.9 Å². The maximum absolute atomic E-state index is 12.3. The van der Waals surface area contributed by atoms with Crippen molar-refractivity contribution in [3.63, 3.8) is 0 Å². The predicted molar refractivity (Wildman–Crippen MR) is 71.1 cm³/mol. The zero-order chi connectivity index (χ0) is 13.6. The SMILES string of the molecule is O=C1C2CCCCC2C(=O)N1c1ccc(Cl)cc1O. The number of aromatic hydroxyl groups is 1. The van der Waals surface area contributed by atoms with Crippen LogP contribution in [0.1, 0.15) is 25.7 Å².